The Bertz CT molecular complexity index is 254. The first-order valence-electron chi connectivity index (χ1n) is 4.83. The fourth-order valence-corrected chi connectivity index (χ4v) is 1.09. The molecular formula is C11H20N2. The van der Waals surface area contributed by atoms with Gasteiger partial charge in [-0.05, 0) is 24.5 Å². The van der Waals surface area contributed by atoms with Crippen molar-refractivity contribution in [2.24, 2.45) is 0 Å². The second-order valence-electron chi connectivity index (χ2n) is 3.11. The minimum absolute atomic E-state index is 0.483. The Morgan fingerprint density at radius 3 is 2.23 bits per heavy atom. The van der Waals surface area contributed by atoms with Crippen LogP contribution in [0.4, 0.5) is 5.69 Å². The minimum Gasteiger partial charge on any atom is -0.397 e. The average molecular weight is 180 g/mol. The van der Waals surface area contributed by atoms with Gasteiger partial charge in [-0.1, -0.05) is 27.7 Å². The highest BCUT2D eigenvalue weighted by molar-refractivity contribution is 5.46. The lowest BCUT2D eigenvalue weighted by Crippen LogP contribution is -1.98. The van der Waals surface area contributed by atoms with Crippen molar-refractivity contribution in [2.75, 3.05) is 5.73 Å². The number of hydrogen-bond donors (Lipinski definition) is 1. The van der Waals surface area contributed by atoms with Crippen molar-refractivity contribution < 1.29 is 0 Å². The van der Waals surface area contributed by atoms with Gasteiger partial charge in [0.15, 0.2) is 0 Å². The standard InChI is InChI=1S/C9H14N2.C2H6/c1-6(2)8-4-7(3)11-5-9(8)10;1-2/h4-6H,10H2,1-3H3;1-2H3. The Kier molecular flexibility index (Phi) is 5.12. The van der Waals surface area contributed by atoms with Crippen LogP contribution >= 0.6 is 0 Å². The zero-order chi connectivity index (χ0) is 10.4. The summed E-state index contributed by atoms with van der Waals surface area (Å²) in [7, 11) is 0. The van der Waals surface area contributed by atoms with Crippen LogP contribution in [0.3, 0.4) is 0 Å². The number of hydrogen-bond acceptors (Lipinski definition) is 2. The number of aromatic nitrogens is 1. The summed E-state index contributed by atoms with van der Waals surface area (Å²) in [5.74, 6) is 0.483. The van der Waals surface area contributed by atoms with Crippen LogP contribution in [0.2, 0.25) is 0 Å². The normalized spacial score (nSPS) is 9.38. The van der Waals surface area contributed by atoms with Gasteiger partial charge in [0, 0.05) is 5.69 Å². The molecule has 2 heteroatoms. The largest absolute Gasteiger partial charge is 0.397 e. The van der Waals surface area contributed by atoms with Gasteiger partial charge in [-0.15, -0.1) is 0 Å². The molecule has 1 rings (SSSR count). The summed E-state index contributed by atoms with van der Waals surface area (Å²) < 4.78 is 0. The fourth-order valence-electron chi connectivity index (χ4n) is 1.09. The number of aryl methyl sites for hydroxylation is 1. The predicted octanol–water partition coefficient (Wildman–Crippen LogP) is 3.12. The van der Waals surface area contributed by atoms with E-state index in [0.29, 0.717) is 5.92 Å². The van der Waals surface area contributed by atoms with Crippen molar-refractivity contribution in [3.63, 3.8) is 0 Å². The lowest BCUT2D eigenvalue weighted by molar-refractivity contribution is 0.863. The summed E-state index contributed by atoms with van der Waals surface area (Å²) in [6.07, 6.45) is 1.73. The van der Waals surface area contributed by atoms with Gasteiger partial charge in [-0.2, -0.15) is 0 Å². The Labute approximate surface area is 81.2 Å². The summed E-state index contributed by atoms with van der Waals surface area (Å²) in [4.78, 5) is 4.10. The number of nitrogen functional groups attached to an aromatic ring is 1. The van der Waals surface area contributed by atoms with Gasteiger partial charge in [0.25, 0.3) is 0 Å². The van der Waals surface area contributed by atoms with Crippen LogP contribution in [0, 0.1) is 6.92 Å². The molecule has 0 aliphatic heterocycles. The van der Waals surface area contributed by atoms with Crippen molar-refractivity contribution in [2.45, 2.75) is 40.5 Å². The maximum atomic E-state index is 5.73. The second kappa shape index (κ2) is 5.57. The highest BCUT2D eigenvalue weighted by Crippen LogP contribution is 2.20. The predicted molar refractivity (Wildman–Crippen MR) is 58.8 cm³/mol. The first kappa shape index (κ1) is 11.9. The zero-order valence-electron chi connectivity index (χ0n) is 9.26. The Balaban J connectivity index is 0.000000671. The summed E-state index contributed by atoms with van der Waals surface area (Å²) in [6, 6.07) is 2.04. The molecule has 74 valence electrons. The molecule has 0 bridgehead atoms. The number of rotatable bonds is 1. The first-order valence-corrected chi connectivity index (χ1v) is 4.83. The molecular weight excluding hydrogens is 160 g/mol. The molecule has 0 saturated carbocycles. The molecule has 0 fully saturated rings. The van der Waals surface area contributed by atoms with Gasteiger partial charge in [-0.3, -0.25) is 4.98 Å². The molecule has 0 unspecified atom stereocenters. The molecule has 1 heterocycles. The Morgan fingerprint density at radius 2 is 1.85 bits per heavy atom. The van der Waals surface area contributed by atoms with Gasteiger partial charge < -0.3 is 5.73 Å². The Morgan fingerprint density at radius 1 is 1.31 bits per heavy atom. The van der Waals surface area contributed by atoms with Gasteiger partial charge in [0.05, 0.1) is 11.9 Å². The minimum atomic E-state index is 0.483. The third-order valence-corrected chi connectivity index (χ3v) is 1.73. The molecule has 0 amide bonds. The smallest absolute Gasteiger partial charge is 0.0535 e. The molecule has 0 aliphatic carbocycles. The lowest BCUT2D eigenvalue weighted by atomic mass is 10.0. The van der Waals surface area contributed by atoms with Crippen LogP contribution in [0.25, 0.3) is 0 Å². The fraction of sp³-hybridized carbons (Fsp3) is 0.545. The molecule has 0 radical (unpaired) electrons. The topological polar surface area (TPSA) is 38.9 Å². The van der Waals surface area contributed by atoms with Crippen LogP contribution in [0.1, 0.15) is 44.9 Å². The van der Waals surface area contributed by atoms with Crippen LogP contribution in [-0.2, 0) is 0 Å². The SMILES string of the molecule is CC.Cc1cc(C(C)C)c(N)cn1. The molecule has 2 N–H and O–H groups in total. The molecule has 0 aliphatic rings. The van der Waals surface area contributed by atoms with Gasteiger partial charge in [0.2, 0.25) is 0 Å². The molecule has 13 heavy (non-hydrogen) atoms. The quantitative estimate of drug-likeness (QED) is 0.721. The van der Waals surface area contributed by atoms with E-state index in [1.165, 1.54) is 5.56 Å². The first-order chi connectivity index (χ1) is 6.11. The van der Waals surface area contributed by atoms with E-state index in [-0.39, 0.29) is 0 Å². The number of nitrogens with two attached hydrogens (primary N) is 1. The summed E-state index contributed by atoms with van der Waals surface area (Å²) in [5.41, 5.74) is 8.75. The number of pyridine rings is 1. The van der Waals surface area contributed by atoms with E-state index < -0.39 is 0 Å². The zero-order valence-corrected chi connectivity index (χ0v) is 9.26. The van der Waals surface area contributed by atoms with Gasteiger partial charge >= 0.3 is 0 Å². The van der Waals surface area contributed by atoms with Crippen molar-refractivity contribution in [3.05, 3.63) is 23.5 Å². The van der Waals surface area contributed by atoms with Crippen LogP contribution in [-0.4, -0.2) is 4.98 Å². The third-order valence-electron chi connectivity index (χ3n) is 1.73. The lowest BCUT2D eigenvalue weighted by Gasteiger charge is -2.08. The highest BCUT2D eigenvalue weighted by atomic mass is 14.7. The third kappa shape index (κ3) is 3.45. The molecule has 0 aromatic carbocycles. The van der Waals surface area contributed by atoms with E-state index in [4.69, 9.17) is 5.73 Å². The van der Waals surface area contributed by atoms with Gasteiger partial charge in [-0.25, -0.2) is 0 Å². The molecule has 0 saturated heterocycles. The summed E-state index contributed by atoms with van der Waals surface area (Å²) >= 11 is 0. The summed E-state index contributed by atoms with van der Waals surface area (Å²) in [5, 5.41) is 0. The van der Waals surface area contributed by atoms with Gasteiger partial charge in [0.1, 0.15) is 0 Å². The molecule has 0 spiro atoms. The van der Waals surface area contributed by atoms with E-state index in [2.05, 4.69) is 18.8 Å². The van der Waals surface area contributed by atoms with Crippen LogP contribution < -0.4 is 5.73 Å². The number of anilines is 1. The maximum Gasteiger partial charge on any atom is 0.0535 e. The van der Waals surface area contributed by atoms with Crippen LogP contribution in [0.5, 0.6) is 0 Å². The monoisotopic (exact) mass is 180 g/mol. The van der Waals surface area contributed by atoms with E-state index in [1.54, 1.807) is 6.20 Å². The van der Waals surface area contributed by atoms with E-state index in [9.17, 15) is 0 Å². The number of nitrogens with zero attached hydrogens (tertiary/aromatic N) is 1. The van der Waals surface area contributed by atoms with Crippen molar-refractivity contribution in [3.8, 4) is 0 Å². The second-order valence-corrected chi connectivity index (χ2v) is 3.11. The van der Waals surface area contributed by atoms with Crippen LogP contribution in [0.15, 0.2) is 12.3 Å². The molecule has 0 atom stereocenters. The van der Waals surface area contributed by atoms with E-state index >= 15 is 0 Å². The van der Waals surface area contributed by atoms with Crippen molar-refractivity contribution >= 4 is 5.69 Å². The van der Waals surface area contributed by atoms with Crippen molar-refractivity contribution in [1.82, 2.24) is 4.98 Å². The molecule has 2 nitrogen and oxygen atoms in total. The average Bonchev–Trinajstić information content (AvgIpc) is 2.12. The molecule has 1 aromatic rings. The Hall–Kier alpha value is -1.05. The maximum absolute atomic E-state index is 5.73. The van der Waals surface area contributed by atoms with E-state index in [1.807, 2.05) is 26.8 Å². The van der Waals surface area contributed by atoms with Crippen molar-refractivity contribution in [1.29, 1.82) is 0 Å². The molecule has 1 aromatic heterocycles. The van der Waals surface area contributed by atoms with E-state index in [0.717, 1.165) is 11.4 Å². The summed E-state index contributed by atoms with van der Waals surface area (Å²) in [6.45, 7) is 10.2. The highest BCUT2D eigenvalue weighted by Gasteiger charge is 2.03.